The molecule has 2 aliphatic heterocycles. The van der Waals surface area contributed by atoms with Crippen LogP contribution in [0.5, 0.6) is 5.75 Å². The van der Waals surface area contributed by atoms with E-state index >= 15 is 0 Å². The van der Waals surface area contributed by atoms with Crippen molar-refractivity contribution in [2.24, 2.45) is 0 Å². The van der Waals surface area contributed by atoms with Gasteiger partial charge in [-0.15, -0.1) is 0 Å². The third-order valence-electron chi connectivity index (χ3n) is 5.94. The molecule has 166 valence electrons. The normalized spacial score (nSPS) is 26.1. The van der Waals surface area contributed by atoms with Gasteiger partial charge in [0, 0.05) is 5.56 Å². The zero-order valence-corrected chi connectivity index (χ0v) is 18.3. The molecule has 2 aliphatic rings. The summed E-state index contributed by atoms with van der Waals surface area (Å²) < 4.78 is 30.0. The number of esters is 1. The second-order valence-corrected chi connectivity index (χ2v) is 8.57. The Hall–Kier alpha value is -2.93. The number of rotatable bonds is 5. The van der Waals surface area contributed by atoms with Crippen molar-refractivity contribution >= 4 is 16.7 Å². The van der Waals surface area contributed by atoms with E-state index in [0.717, 1.165) is 22.1 Å². The van der Waals surface area contributed by atoms with Crippen LogP contribution in [0.15, 0.2) is 66.7 Å². The molecule has 2 fully saturated rings. The number of hydrogen-bond donors (Lipinski definition) is 0. The predicted octanol–water partition coefficient (Wildman–Crippen LogP) is 4.67. The molecule has 0 unspecified atom stereocenters. The van der Waals surface area contributed by atoms with Gasteiger partial charge in [-0.3, -0.25) is 0 Å². The van der Waals surface area contributed by atoms with E-state index in [2.05, 4.69) is 12.1 Å². The fraction of sp³-hybridized carbons (Fsp3) is 0.346. The van der Waals surface area contributed by atoms with Crippen molar-refractivity contribution in [3.05, 3.63) is 77.9 Å². The molecule has 0 amide bonds. The van der Waals surface area contributed by atoms with Crippen LogP contribution >= 0.6 is 0 Å². The van der Waals surface area contributed by atoms with Crippen molar-refractivity contribution in [2.75, 3.05) is 13.7 Å². The van der Waals surface area contributed by atoms with Crippen LogP contribution in [0.25, 0.3) is 10.8 Å². The van der Waals surface area contributed by atoms with Crippen LogP contribution in [-0.4, -0.2) is 43.8 Å². The minimum absolute atomic E-state index is 0.0702. The predicted molar refractivity (Wildman–Crippen MR) is 119 cm³/mol. The Morgan fingerprint density at radius 2 is 1.59 bits per heavy atom. The first-order valence-electron chi connectivity index (χ1n) is 10.8. The van der Waals surface area contributed by atoms with Gasteiger partial charge in [0.05, 0.1) is 12.7 Å². The lowest BCUT2D eigenvalue weighted by Gasteiger charge is -2.25. The second kappa shape index (κ2) is 8.20. The number of benzene rings is 3. The Labute approximate surface area is 187 Å². The molecule has 5 rings (SSSR count). The van der Waals surface area contributed by atoms with E-state index in [4.69, 9.17) is 23.7 Å². The molecule has 4 atom stereocenters. The van der Waals surface area contributed by atoms with E-state index in [1.54, 1.807) is 31.4 Å². The van der Waals surface area contributed by atoms with Crippen LogP contribution in [-0.2, 0) is 18.9 Å². The van der Waals surface area contributed by atoms with Crippen molar-refractivity contribution in [3.63, 3.8) is 0 Å². The number of hydrogen-bond acceptors (Lipinski definition) is 6. The van der Waals surface area contributed by atoms with Crippen molar-refractivity contribution in [1.82, 2.24) is 0 Å². The van der Waals surface area contributed by atoms with Crippen molar-refractivity contribution in [1.29, 1.82) is 0 Å². The summed E-state index contributed by atoms with van der Waals surface area (Å²) in [6.07, 6.45) is -1.59. The van der Waals surface area contributed by atoms with Gasteiger partial charge in [-0.2, -0.15) is 0 Å². The third kappa shape index (κ3) is 3.86. The summed E-state index contributed by atoms with van der Waals surface area (Å²) in [5.41, 5.74) is 1.39. The Morgan fingerprint density at radius 3 is 2.31 bits per heavy atom. The maximum absolute atomic E-state index is 12.4. The Bertz CT molecular complexity index is 1130. The smallest absolute Gasteiger partial charge is 0.338 e. The number of carbonyl (C=O) groups is 1. The molecular formula is C26H26O6. The lowest BCUT2D eigenvalue weighted by molar-refractivity contribution is -0.191. The SMILES string of the molecule is COc1cc2ccccc2cc1[C@@H]1O[C@H](COC(=O)c2ccccc2)[C@H]2OC(C)(C)O[C@H]21. The van der Waals surface area contributed by atoms with Crippen LogP contribution in [0.3, 0.4) is 0 Å². The van der Waals surface area contributed by atoms with Gasteiger partial charge in [-0.25, -0.2) is 4.79 Å². The maximum Gasteiger partial charge on any atom is 0.338 e. The summed E-state index contributed by atoms with van der Waals surface area (Å²) in [6.45, 7) is 3.83. The van der Waals surface area contributed by atoms with Gasteiger partial charge >= 0.3 is 5.97 Å². The van der Waals surface area contributed by atoms with Crippen molar-refractivity contribution in [3.8, 4) is 5.75 Å². The van der Waals surface area contributed by atoms with Crippen LogP contribution < -0.4 is 4.74 Å². The first-order chi connectivity index (χ1) is 15.4. The van der Waals surface area contributed by atoms with E-state index in [0.29, 0.717) is 5.56 Å². The number of methoxy groups -OCH3 is 1. The molecule has 0 aromatic heterocycles. The summed E-state index contributed by atoms with van der Waals surface area (Å²) in [7, 11) is 1.65. The molecule has 0 radical (unpaired) electrons. The molecule has 6 heteroatoms. The molecule has 0 saturated carbocycles. The third-order valence-corrected chi connectivity index (χ3v) is 5.94. The quantitative estimate of drug-likeness (QED) is 0.544. The van der Waals surface area contributed by atoms with Gasteiger partial charge in [0.15, 0.2) is 5.79 Å². The molecule has 2 saturated heterocycles. The number of fused-ring (bicyclic) bond motifs is 2. The molecule has 3 aromatic carbocycles. The van der Waals surface area contributed by atoms with E-state index in [1.165, 1.54) is 0 Å². The van der Waals surface area contributed by atoms with E-state index in [1.807, 2.05) is 44.2 Å². The zero-order valence-electron chi connectivity index (χ0n) is 18.3. The summed E-state index contributed by atoms with van der Waals surface area (Å²) in [5, 5.41) is 2.17. The molecule has 0 N–H and O–H groups in total. The lowest BCUT2D eigenvalue weighted by atomic mass is 9.97. The van der Waals surface area contributed by atoms with Crippen molar-refractivity contribution in [2.45, 2.75) is 44.1 Å². The Morgan fingerprint density at radius 1 is 0.938 bits per heavy atom. The minimum Gasteiger partial charge on any atom is -0.496 e. The first-order valence-corrected chi connectivity index (χ1v) is 10.8. The fourth-order valence-electron chi connectivity index (χ4n) is 4.52. The molecule has 0 aliphatic carbocycles. The topological polar surface area (TPSA) is 63.2 Å². The summed E-state index contributed by atoms with van der Waals surface area (Å²) >= 11 is 0. The molecule has 3 aromatic rings. The van der Waals surface area contributed by atoms with Gasteiger partial charge < -0.3 is 23.7 Å². The summed E-state index contributed by atoms with van der Waals surface area (Å²) in [5.74, 6) is -0.429. The summed E-state index contributed by atoms with van der Waals surface area (Å²) in [4.78, 5) is 12.4. The van der Waals surface area contributed by atoms with Gasteiger partial charge in [0.1, 0.15) is 36.8 Å². The highest BCUT2D eigenvalue weighted by Gasteiger charge is 2.56. The van der Waals surface area contributed by atoms with Gasteiger partial charge in [0.2, 0.25) is 0 Å². The standard InChI is InChI=1S/C26H26O6/c1-26(2)31-23-21(15-29-25(27)16-9-5-4-6-10-16)30-22(24(23)32-26)19-13-17-11-7-8-12-18(17)14-20(19)28-3/h4-14,21-24H,15H2,1-3H3/t21-,22+,23-,24+/m1/s1. The highest BCUT2D eigenvalue weighted by molar-refractivity contribution is 5.89. The van der Waals surface area contributed by atoms with Crippen LogP contribution in [0.2, 0.25) is 0 Å². The molecule has 6 nitrogen and oxygen atoms in total. The van der Waals surface area contributed by atoms with Gasteiger partial charge in [0.25, 0.3) is 0 Å². The molecule has 2 heterocycles. The molecular weight excluding hydrogens is 408 g/mol. The maximum atomic E-state index is 12.4. The largest absolute Gasteiger partial charge is 0.496 e. The number of ether oxygens (including phenoxy) is 5. The zero-order chi connectivity index (χ0) is 22.3. The van der Waals surface area contributed by atoms with Crippen LogP contribution in [0.1, 0.15) is 35.9 Å². The molecule has 0 spiro atoms. The van der Waals surface area contributed by atoms with Gasteiger partial charge in [-0.1, -0.05) is 42.5 Å². The first kappa shape index (κ1) is 20.9. The average molecular weight is 434 g/mol. The monoisotopic (exact) mass is 434 g/mol. The Kier molecular flexibility index (Phi) is 5.37. The highest BCUT2D eigenvalue weighted by Crippen LogP contribution is 2.47. The van der Waals surface area contributed by atoms with E-state index in [9.17, 15) is 4.79 Å². The van der Waals surface area contributed by atoms with E-state index in [-0.39, 0.29) is 18.8 Å². The van der Waals surface area contributed by atoms with Crippen LogP contribution in [0.4, 0.5) is 0 Å². The molecule has 0 bridgehead atoms. The highest BCUT2D eigenvalue weighted by atomic mass is 16.8. The van der Waals surface area contributed by atoms with E-state index < -0.39 is 24.0 Å². The molecule has 32 heavy (non-hydrogen) atoms. The summed E-state index contributed by atoms with van der Waals surface area (Å²) in [6, 6.07) is 21.1. The Balaban J connectivity index is 1.43. The number of carbonyl (C=O) groups excluding carboxylic acids is 1. The minimum atomic E-state index is -0.761. The fourth-order valence-corrected chi connectivity index (χ4v) is 4.52. The lowest BCUT2D eigenvalue weighted by Crippen LogP contribution is -2.33. The van der Waals surface area contributed by atoms with Crippen LogP contribution in [0, 0.1) is 0 Å². The second-order valence-electron chi connectivity index (χ2n) is 8.57. The van der Waals surface area contributed by atoms with Gasteiger partial charge in [-0.05, 0) is 48.9 Å². The average Bonchev–Trinajstić information content (AvgIpc) is 3.30. The van der Waals surface area contributed by atoms with Crippen molar-refractivity contribution < 1.29 is 28.5 Å².